The summed E-state index contributed by atoms with van der Waals surface area (Å²) in [6, 6.07) is 6.34. The number of methoxy groups -OCH3 is 2. The number of nitrogens with zero attached hydrogens (tertiary/aromatic N) is 1. The Morgan fingerprint density at radius 2 is 2.00 bits per heavy atom. The van der Waals surface area contributed by atoms with Gasteiger partial charge in [-0.2, -0.15) is 0 Å². The van der Waals surface area contributed by atoms with Gasteiger partial charge in [-0.1, -0.05) is 0 Å². The Kier molecular flexibility index (Phi) is 6.62. The predicted octanol–water partition coefficient (Wildman–Crippen LogP) is 1.18. The molecule has 0 aliphatic carbocycles. The fourth-order valence-corrected chi connectivity index (χ4v) is 2.42. The normalized spacial score (nSPS) is 10.3. The molecule has 2 aromatic rings. The molecule has 1 amide bonds. The van der Waals surface area contributed by atoms with Crippen molar-refractivity contribution < 1.29 is 24.1 Å². The zero-order valence-corrected chi connectivity index (χ0v) is 14.9. The van der Waals surface area contributed by atoms with Crippen molar-refractivity contribution in [2.75, 3.05) is 32.8 Å². The molecule has 26 heavy (non-hydrogen) atoms. The largest absolute Gasteiger partial charge is 0.497 e. The molecule has 1 aromatic heterocycles. The lowest BCUT2D eigenvalue weighted by molar-refractivity contribution is -0.118. The average Bonchev–Trinajstić information content (AvgIpc) is 2.64. The highest BCUT2D eigenvalue weighted by Gasteiger charge is 2.13. The van der Waals surface area contributed by atoms with Crippen molar-refractivity contribution in [2.45, 2.75) is 13.5 Å². The lowest BCUT2D eigenvalue weighted by atomic mass is 10.2. The third kappa shape index (κ3) is 4.54. The van der Waals surface area contributed by atoms with Crippen molar-refractivity contribution in [1.82, 2.24) is 4.57 Å². The molecule has 0 fully saturated rings. The maximum Gasteiger partial charge on any atom is 0.262 e. The molecule has 8 nitrogen and oxygen atoms in total. The van der Waals surface area contributed by atoms with E-state index in [-0.39, 0.29) is 24.4 Å². The highest BCUT2D eigenvalue weighted by atomic mass is 16.5. The van der Waals surface area contributed by atoms with Crippen LogP contribution in [-0.2, 0) is 11.3 Å². The van der Waals surface area contributed by atoms with E-state index in [1.165, 1.54) is 20.3 Å². The highest BCUT2D eigenvalue weighted by molar-refractivity contribution is 5.93. The Morgan fingerprint density at radius 1 is 1.23 bits per heavy atom. The third-order valence-corrected chi connectivity index (χ3v) is 3.76. The first-order chi connectivity index (χ1) is 12.5. The van der Waals surface area contributed by atoms with E-state index < -0.39 is 5.91 Å². The van der Waals surface area contributed by atoms with E-state index in [4.69, 9.17) is 19.3 Å². The Balaban J connectivity index is 2.10. The molecule has 8 heteroatoms. The lowest BCUT2D eigenvalue weighted by Crippen LogP contribution is -2.24. The number of amides is 1. The molecular formula is C18H22N2O6. The number of rotatable bonds is 8. The molecular weight excluding hydrogens is 340 g/mol. The number of hydrogen-bond donors (Lipinski definition) is 2. The molecule has 2 rings (SSSR count). The van der Waals surface area contributed by atoms with Crippen molar-refractivity contribution in [3.8, 4) is 17.2 Å². The van der Waals surface area contributed by atoms with Gasteiger partial charge in [0.25, 0.3) is 5.91 Å². The van der Waals surface area contributed by atoms with E-state index in [0.29, 0.717) is 29.4 Å². The Bertz CT molecular complexity index is 831. The van der Waals surface area contributed by atoms with Gasteiger partial charge < -0.3 is 29.2 Å². The van der Waals surface area contributed by atoms with Crippen molar-refractivity contribution in [3.05, 3.63) is 46.4 Å². The number of nitrogens with one attached hydrogen (secondary N) is 1. The smallest absolute Gasteiger partial charge is 0.262 e. The Hall–Kier alpha value is -3.00. The SMILES string of the molecule is COc1ccc(OC)c(NC(=O)COc2c(C)n(CCO)ccc2=O)c1. The fourth-order valence-electron chi connectivity index (χ4n) is 2.42. The maximum absolute atomic E-state index is 12.2. The number of aliphatic hydroxyl groups excluding tert-OH is 1. The molecule has 0 aliphatic heterocycles. The summed E-state index contributed by atoms with van der Waals surface area (Å²) in [5.74, 6) is 0.662. The summed E-state index contributed by atoms with van der Waals surface area (Å²) in [7, 11) is 3.01. The van der Waals surface area contributed by atoms with Gasteiger partial charge in [0.1, 0.15) is 11.5 Å². The minimum atomic E-state index is -0.451. The average molecular weight is 362 g/mol. The predicted molar refractivity (Wildman–Crippen MR) is 96.2 cm³/mol. The van der Waals surface area contributed by atoms with Crippen LogP contribution in [0.4, 0.5) is 5.69 Å². The van der Waals surface area contributed by atoms with Crippen LogP contribution >= 0.6 is 0 Å². The molecule has 0 unspecified atom stereocenters. The first kappa shape index (κ1) is 19.3. The standard InChI is InChI=1S/C18H22N2O6/c1-12-18(15(22)6-7-20(12)8-9-21)26-11-17(23)19-14-10-13(24-2)4-5-16(14)25-3/h4-7,10,21H,8-9,11H2,1-3H3,(H,19,23). The van der Waals surface area contributed by atoms with Gasteiger partial charge in [-0.05, 0) is 19.1 Å². The van der Waals surface area contributed by atoms with Crippen LogP contribution in [0.2, 0.25) is 0 Å². The Labute approximate surface area is 150 Å². The van der Waals surface area contributed by atoms with Gasteiger partial charge in [-0.3, -0.25) is 9.59 Å². The van der Waals surface area contributed by atoms with E-state index >= 15 is 0 Å². The number of anilines is 1. The number of aromatic nitrogens is 1. The summed E-state index contributed by atoms with van der Waals surface area (Å²) in [6.07, 6.45) is 1.57. The van der Waals surface area contributed by atoms with Gasteiger partial charge in [0, 0.05) is 24.9 Å². The van der Waals surface area contributed by atoms with Gasteiger partial charge in [0.15, 0.2) is 12.4 Å². The molecule has 140 valence electrons. The quantitative estimate of drug-likeness (QED) is 0.732. The van der Waals surface area contributed by atoms with Crippen LogP contribution in [0, 0.1) is 6.92 Å². The molecule has 0 radical (unpaired) electrons. The number of ether oxygens (including phenoxy) is 3. The first-order valence-electron chi connectivity index (χ1n) is 7.95. The number of pyridine rings is 1. The van der Waals surface area contributed by atoms with E-state index in [1.54, 1.807) is 35.9 Å². The summed E-state index contributed by atoms with van der Waals surface area (Å²) >= 11 is 0. The molecule has 0 atom stereocenters. The second-order valence-electron chi connectivity index (χ2n) is 5.41. The number of carbonyl (C=O) groups excluding carboxylic acids is 1. The van der Waals surface area contributed by atoms with Gasteiger partial charge in [-0.15, -0.1) is 0 Å². The summed E-state index contributed by atoms with van der Waals surface area (Å²) in [5.41, 5.74) is 0.643. The number of aliphatic hydroxyl groups is 1. The van der Waals surface area contributed by atoms with Crippen molar-refractivity contribution in [1.29, 1.82) is 0 Å². The summed E-state index contributed by atoms with van der Waals surface area (Å²) in [6.45, 7) is 1.60. The third-order valence-electron chi connectivity index (χ3n) is 3.76. The van der Waals surface area contributed by atoms with E-state index in [1.807, 2.05) is 0 Å². The van der Waals surface area contributed by atoms with E-state index in [9.17, 15) is 9.59 Å². The van der Waals surface area contributed by atoms with Crippen LogP contribution in [0.25, 0.3) is 0 Å². The number of benzene rings is 1. The van der Waals surface area contributed by atoms with E-state index in [2.05, 4.69) is 5.32 Å². The molecule has 2 N–H and O–H groups in total. The van der Waals surface area contributed by atoms with Crippen LogP contribution in [0.3, 0.4) is 0 Å². The minimum Gasteiger partial charge on any atom is -0.497 e. The molecule has 0 saturated heterocycles. The fraction of sp³-hybridized carbons (Fsp3) is 0.333. The molecule has 1 aromatic carbocycles. The zero-order chi connectivity index (χ0) is 19.1. The Morgan fingerprint density at radius 3 is 2.65 bits per heavy atom. The van der Waals surface area contributed by atoms with Crippen LogP contribution in [0.5, 0.6) is 17.2 Å². The number of carbonyl (C=O) groups is 1. The second-order valence-corrected chi connectivity index (χ2v) is 5.41. The molecule has 0 spiro atoms. The van der Waals surface area contributed by atoms with Crippen LogP contribution in [0.15, 0.2) is 35.3 Å². The summed E-state index contributed by atoms with van der Waals surface area (Å²) in [4.78, 5) is 24.2. The topological polar surface area (TPSA) is 99.0 Å². The molecule has 0 bridgehead atoms. The van der Waals surface area contributed by atoms with Crippen LogP contribution in [-0.4, -0.2) is 43.0 Å². The summed E-state index contributed by atoms with van der Waals surface area (Å²) in [5, 5.41) is 11.7. The van der Waals surface area contributed by atoms with Gasteiger partial charge >= 0.3 is 0 Å². The second kappa shape index (κ2) is 8.91. The van der Waals surface area contributed by atoms with Crippen molar-refractivity contribution in [2.24, 2.45) is 0 Å². The van der Waals surface area contributed by atoms with Crippen LogP contribution < -0.4 is 25.0 Å². The zero-order valence-electron chi connectivity index (χ0n) is 14.9. The van der Waals surface area contributed by atoms with Gasteiger partial charge in [-0.25, -0.2) is 0 Å². The maximum atomic E-state index is 12.2. The minimum absolute atomic E-state index is 0.0702. The van der Waals surface area contributed by atoms with Crippen LogP contribution in [0.1, 0.15) is 5.69 Å². The molecule has 0 aliphatic rings. The monoisotopic (exact) mass is 362 g/mol. The molecule has 1 heterocycles. The summed E-state index contributed by atoms with van der Waals surface area (Å²) < 4.78 is 17.4. The lowest BCUT2D eigenvalue weighted by Gasteiger charge is -2.15. The molecule has 0 saturated carbocycles. The first-order valence-corrected chi connectivity index (χ1v) is 7.95. The van der Waals surface area contributed by atoms with Gasteiger partial charge in [0.05, 0.1) is 32.2 Å². The number of hydrogen-bond acceptors (Lipinski definition) is 6. The highest BCUT2D eigenvalue weighted by Crippen LogP contribution is 2.28. The van der Waals surface area contributed by atoms with Crippen molar-refractivity contribution >= 4 is 11.6 Å². The van der Waals surface area contributed by atoms with Gasteiger partial charge in [0.2, 0.25) is 5.43 Å². The van der Waals surface area contributed by atoms with E-state index in [0.717, 1.165) is 0 Å². The van der Waals surface area contributed by atoms with Crippen molar-refractivity contribution in [3.63, 3.8) is 0 Å².